The molecule has 0 unspecified atom stereocenters. The molecule has 6 heteroatoms. The van der Waals surface area contributed by atoms with Crippen molar-refractivity contribution in [2.45, 2.75) is 46.3 Å². The Bertz CT molecular complexity index is 1090. The summed E-state index contributed by atoms with van der Waals surface area (Å²) in [6, 6.07) is 16.1. The minimum atomic E-state index is -0.248. The van der Waals surface area contributed by atoms with Crippen LogP contribution in [-0.2, 0) is 17.8 Å². The molecular weight excluding hydrogens is 390 g/mol. The highest BCUT2D eigenvalue weighted by molar-refractivity contribution is 5.77. The quantitative estimate of drug-likeness (QED) is 0.627. The molecule has 0 saturated heterocycles. The standard InChI is InChI=1S/C25H29N3O3/c1-17-23(19-9-6-5-7-10-19)18(2)28(27-17)14-13-26-22(29)16-30-21-12-8-11-20-15-25(3,4)31-24(20)21/h5-12H,13-16H2,1-4H3,(H,26,29). The van der Waals surface area contributed by atoms with Gasteiger partial charge in [0.05, 0.1) is 12.2 Å². The molecule has 4 rings (SSSR count). The SMILES string of the molecule is Cc1nn(CCNC(=O)COc2cccc3c2OC(C)(C)C3)c(C)c1-c1ccccc1. The van der Waals surface area contributed by atoms with Gasteiger partial charge in [0.25, 0.3) is 5.91 Å². The maximum atomic E-state index is 12.3. The van der Waals surface area contributed by atoms with Crippen LogP contribution in [0.3, 0.4) is 0 Å². The lowest BCUT2D eigenvalue weighted by molar-refractivity contribution is -0.123. The molecule has 1 aliphatic heterocycles. The van der Waals surface area contributed by atoms with Crippen LogP contribution in [0.15, 0.2) is 48.5 Å². The van der Waals surface area contributed by atoms with Gasteiger partial charge in [0.15, 0.2) is 18.1 Å². The van der Waals surface area contributed by atoms with Gasteiger partial charge >= 0.3 is 0 Å². The predicted octanol–water partition coefficient (Wildman–Crippen LogP) is 4.08. The van der Waals surface area contributed by atoms with Crippen molar-refractivity contribution in [1.29, 1.82) is 0 Å². The molecule has 2 heterocycles. The first-order valence-corrected chi connectivity index (χ1v) is 10.6. The second kappa shape index (κ2) is 8.46. The second-order valence-corrected chi connectivity index (χ2v) is 8.56. The molecule has 0 atom stereocenters. The number of nitrogens with zero attached hydrogens (tertiary/aromatic N) is 2. The number of rotatable bonds is 7. The molecular formula is C25H29N3O3. The smallest absolute Gasteiger partial charge is 0.258 e. The Balaban J connectivity index is 1.31. The molecule has 6 nitrogen and oxygen atoms in total. The van der Waals surface area contributed by atoms with Gasteiger partial charge in [0.1, 0.15) is 5.60 Å². The number of benzene rings is 2. The van der Waals surface area contributed by atoms with E-state index in [2.05, 4.69) is 29.5 Å². The number of hydrogen-bond donors (Lipinski definition) is 1. The highest BCUT2D eigenvalue weighted by Crippen LogP contribution is 2.41. The number of aryl methyl sites for hydroxylation is 1. The van der Waals surface area contributed by atoms with E-state index in [1.54, 1.807) is 0 Å². The van der Waals surface area contributed by atoms with Gasteiger partial charge in [0, 0.05) is 29.8 Å². The number of ether oxygens (including phenoxy) is 2. The van der Waals surface area contributed by atoms with Gasteiger partial charge < -0.3 is 14.8 Å². The zero-order chi connectivity index (χ0) is 22.0. The zero-order valence-electron chi connectivity index (χ0n) is 18.6. The number of hydrogen-bond acceptors (Lipinski definition) is 4. The third-order valence-electron chi connectivity index (χ3n) is 5.50. The molecule has 1 N–H and O–H groups in total. The van der Waals surface area contributed by atoms with Crippen LogP contribution in [0.25, 0.3) is 11.1 Å². The van der Waals surface area contributed by atoms with Crippen molar-refractivity contribution in [3.8, 4) is 22.6 Å². The van der Waals surface area contributed by atoms with Crippen molar-refractivity contribution >= 4 is 5.91 Å². The molecule has 31 heavy (non-hydrogen) atoms. The Morgan fingerprint density at radius 2 is 1.94 bits per heavy atom. The number of amides is 1. The average Bonchev–Trinajstić information content (AvgIpc) is 3.21. The van der Waals surface area contributed by atoms with Crippen LogP contribution in [-0.4, -0.2) is 34.4 Å². The van der Waals surface area contributed by atoms with Gasteiger partial charge in [-0.05, 0) is 39.3 Å². The summed E-state index contributed by atoms with van der Waals surface area (Å²) in [5.74, 6) is 1.19. The van der Waals surface area contributed by atoms with Crippen molar-refractivity contribution in [3.05, 3.63) is 65.5 Å². The Kier molecular flexibility index (Phi) is 5.72. The molecule has 2 aromatic carbocycles. The first-order chi connectivity index (χ1) is 14.8. The molecule has 0 bridgehead atoms. The maximum absolute atomic E-state index is 12.3. The highest BCUT2D eigenvalue weighted by Gasteiger charge is 2.32. The molecule has 0 saturated carbocycles. The Hall–Kier alpha value is -3.28. The zero-order valence-corrected chi connectivity index (χ0v) is 18.6. The van der Waals surface area contributed by atoms with Gasteiger partial charge in [-0.15, -0.1) is 0 Å². The summed E-state index contributed by atoms with van der Waals surface area (Å²) >= 11 is 0. The molecule has 0 aliphatic carbocycles. The average molecular weight is 420 g/mol. The van der Waals surface area contributed by atoms with Gasteiger partial charge in [-0.25, -0.2) is 0 Å². The normalized spacial score (nSPS) is 14.1. The van der Waals surface area contributed by atoms with Gasteiger partial charge in [-0.1, -0.05) is 42.5 Å². The lowest BCUT2D eigenvalue weighted by Gasteiger charge is -2.18. The molecule has 162 valence electrons. The minimum Gasteiger partial charge on any atom is -0.483 e. The summed E-state index contributed by atoms with van der Waals surface area (Å²) < 4.78 is 13.7. The minimum absolute atomic E-state index is 0.0490. The molecule has 1 aliphatic rings. The Morgan fingerprint density at radius 1 is 1.16 bits per heavy atom. The van der Waals surface area contributed by atoms with Crippen molar-refractivity contribution in [1.82, 2.24) is 15.1 Å². The predicted molar refractivity (Wildman–Crippen MR) is 120 cm³/mol. The summed E-state index contributed by atoms with van der Waals surface area (Å²) in [7, 11) is 0. The van der Waals surface area contributed by atoms with E-state index in [1.165, 1.54) is 0 Å². The fourth-order valence-corrected chi connectivity index (χ4v) is 4.13. The van der Waals surface area contributed by atoms with Crippen molar-refractivity contribution in [3.63, 3.8) is 0 Å². The Labute approximate surface area is 183 Å². The van der Waals surface area contributed by atoms with E-state index < -0.39 is 0 Å². The molecule has 0 spiro atoms. The molecule has 0 fully saturated rings. The van der Waals surface area contributed by atoms with Crippen molar-refractivity contribution < 1.29 is 14.3 Å². The van der Waals surface area contributed by atoms with E-state index in [4.69, 9.17) is 9.47 Å². The van der Waals surface area contributed by atoms with Gasteiger partial charge in [-0.3, -0.25) is 9.48 Å². The fraction of sp³-hybridized carbons (Fsp3) is 0.360. The van der Waals surface area contributed by atoms with Crippen LogP contribution in [0, 0.1) is 13.8 Å². The summed E-state index contributed by atoms with van der Waals surface area (Å²) in [6.07, 6.45) is 0.833. The van der Waals surface area contributed by atoms with Crippen LogP contribution in [0.1, 0.15) is 30.8 Å². The molecule has 1 aromatic heterocycles. The third kappa shape index (κ3) is 4.58. The molecule has 0 radical (unpaired) electrons. The topological polar surface area (TPSA) is 65.4 Å². The van der Waals surface area contributed by atoms with Crippen LogP contribution in [0.2, 0.25) is 0 Å². The third-order valence-corrected chi connectivity index (χ3v) is 5.50. The summed E-state index contributed by atoms with van der Waals surface area (Å²) in [4.78, 5) is 12.3. The van der Waals surface area contributed by atoms with E-state index >= 15 is 0 Å². The van der Waals surface area contributed by atoms with Gasteiger partial charge in [-0.2, -0.15) is 5.10 Å². The summed E-state index contributed by atoms with van der Waals surface area (Å²) in [5, 5.41) is 7.56. The number of aromatic nitrogens is 2. The van der Waals surface area contributed by atoms with Crippen molar-refractivity contribution in [2.24, 2.45) is 0 Å². The summed E-state index contributed by atoms with van der Waals surface area (Å²) in [5.41, 5.74) is 5.25. The van der Waals surface area contributed by atoms with Crippen molar-refractivity contribution in [2.75, 3.05) is 13.2 Å². The fourth-order valence-electron chi connectivity index (χ4n) is 4.13. The number of fused-ring (bicyclic) bond motifs is 1. The lowest BCUT2D eigenvalue weighted by Crippen LogP contribution is -2.32. The van der Waals surface area contributed by atoms with Crippen LogP contribution in [0.4, 0.5) is 0 Å². The number of para-hydroxylation sites is 1. The van der Waals surface area contributed by atoms with Crippen LogP contribution >= 0.6 is 0 Å². The van der Waals surface area contributed by atoms with Gasteiger partial charge in [0.2, 0.25) is 0 Å². The van der Waals surface area contributed by atoms with E-state index in [1.807, 2.05) is 61.9 Å². The van der Waals surface area contributed by atoms with Crippen LogP contribution in [0.5, 0.6) is 11.5 Å². The molecule has 3 aromatic rings. The second-order valence-electron chi connectivity index (χ2n) is 8.56. The van der Waals surface area contributed by atoms with E-state index in [0.29, 0.717) is 18.8 Å². The van der Waals surface area contributed by atoms with E-state index in [0.717, 1.165) is 40.2 Å². The monoisotopic (exact) mass is 419 g/mol. The number of nitrogens with one attached hydrogen (secondary N) is 1. The highest BCUT2D eigenvalue weighted by atomic mass is 16.5. The number of carbonyl (C=O) groups is 1. The van der Waals surface area contributed by atoms with E-state index in [9.17, 15) is 4.79 Å². The first-order valence-electron chi connectivity index (χ1n) is 10.6. The first kappa shape index (κ1) is 21.0. The maximum Gasteiger partial charge on any atom is 0.258 e. The Morgan fingerprint density at radius 3 is 2.71 bits per heavy atom. The van der Waals surface area contributed by atoms with E-state index in [-0.39, 0.29) is 18.1 Å². The largest absolute Gasteiger partial charge is 0.483 e. The summed E-state index contributed by atoms with van der Waals surface area (Å²) in [6.45, 7) is 9.20. The van der Waals surface area contributed by atoms with Crippen LogP contribution < -0.4 is 14.8 Å². The molecule has 1 amide bonds. The lowest BCUT2D eigenvalue weighted by atomic mass is 10.0. The number of carbonyl (C=O) groups excluding carboxylic acids is 1.